The van der Waals surface area contributed by atoms with Crippen molar-refractivity contribution in [2.75, 3.05) is 13.2 Å². The highest BCUT2D eigenvalue weighted by molar-refractivity contribution is 9.10. The van der Waals surface area contributed by atoms with Gasteiger partial charge in [-0.3, -0.25) is 20.4 Å². The van der Waals surface area contributed by atoms with Crippen molar-refractivity contribution in [2.24, 2.45) is 0 Å². The number of hydrogen-bond acceptors (Lipinski definition) is 4. The molecule has 0 atom stereocenters. The van der Waals surface area contributed by atoms with Crippen LogP contribution in [0.1, 0.15) is 25.3 Å². The Morgan fingerprint density at radius 1 is 0.812 bits per heavy atom. The topological polar surface area (TPSA) is 76.7 Å². The van der Waals surface area contributed by atoms with Crippen LogP contribution in [0, 0.1) is 0 Å². The van der Waals surface area contributed by atoms with Gasteiger partial charge in [0.05, 0.1) is 4.47 Å². The minimum absolute atomic E-state index is 0.214. The van der Waals surface area contributed by atoms with E-state index in [9.17, 15) is 9.59 Å². The van der Waals surface area contributed by atoms with Gasteiger partial charge in [0, 0.05) is 0 Å². The summed E-state index contributed by atoms with van der Waals surface area (Å²) in [5, 5.41) is 0. The third kappa shape index (κ3) is 6.85. The predicted octanol–water partition coefficient (Wildman–Crippen LogP) is 4.84. The average Bonchev–Trinajstić information content (AvgIpc) is 2.81. The van der Waals surface area contributed by atoms with Crippen molar-refractivity contribution in [1.82, 2.24) is 10.9 Å². The van der Waals surface area contributed by atoms with Crippen molar-refractivity contribution in [3.05, 3.63) is 82.8 Å². The lowest BCUT2D eigenvalue weighted by atomic mass is 10.0. The molecule has 0 radical (unpaired) electrons. The number of amides is 2. The highest BCUT2D eigenvalue weighted by Crippen LogP contribution is 2.30. The fourth-order valence-electron chi connectivity index (χ4n) is 2.88. The Hall–Kier alpha value is -3.32. The average molecular weight is 497 g/mol. The number of halogens is 1. The molecule has 6 nitrogen and oxygen atoms in total. The van der Waals surface area contributed by atoms with Crippen molar-refractivity contribution in [1.29, 1.82) is 0 Å². The first kappa shape index (κ1) is 23.3. The molecule has 0 saturated heterocycles. The Morgan fingerprint density at radius 2 is 1.44 bits per heavy atom. The summed E-state index contributed by atoms with van der Waals surface area (Å²) in [5.74, 6) is 0.577. The van der Waals surface area contributed by atoms with E-state index in [1.807, 2.05) is 66.7 Å². The summed E-state index contributed by atoms with van der Waals surface area (Å²) in [4.78, 5) is 23.9. The van der Waals surface area contributed by atoms with Gasteiger partial charge in [0.1, 0.15) is 11.5 Å². The third-order valence-corrected chi connectivity index (χ3v) is 5.28. The normalized spacial score (nSPS) is 10.5. The third-order valence-electron chi connectivity index (χ3n) is 4.66. The summed E-state index contributed by atoms with van der Waals surface area (Å²) in [6.45, 7) is 3.75. The number of benzene rings is 3. The molecule has 3 aromatic rings. The first-order valence-electron chi connectivity index (χ1n) is 10.2. The van der Waals surface area contributed by atoms with Crippen molar-refractivity contribution >= 4 is 27.7 Å². The molecule has 0 saturated carbocycles. The highest BCUT2D eigenvalue weighted by atomic mass is 79.9. The van der Waals surface area contributed by atoms with Crippen LogP contribution in [-0.2, 0) is 9.59 Å². The Labute approximate surface area is 196 Å². The van der Waals surface area contributed by atoms with E-state index in [2.05, 4.69) is 40.6 Å². The molecule has 166 valence electrons. The smallest absolute Gasteiger partial charge is 0.276 e. The summed E-state index contributed by atoms with van der Waals surface area (Å²) >= 11 is 3.47. The first-order valence-corrected chi connectivity index (χ1v) is 11.0. The molecule has 0 unspecified atom stereocenters. The van der Waals surface area contributed by atoms with E-state index in [0.29, 0.717) is 17.4 Å². The predicted molar refractivity (Wildman–Crippen MR) is 127 cm³/mol. The molecule has 0 aliphatic carbocycles. The van der Waals surface area contributed by atoms with E-state index in [4.69, 9.17) is 9.47 Å². The lowest BCUT2D eigenvalue weighted by Crippen LogP contribution is -2.45. The van der Waals surface area contributed by atoms with Crippen LogP contribution in [0.15, 0.2) is 77.3 Å². The molecule has 3 aromatic carbocycles. The summed E-state index contributed by atoms with van der Waals surface area (Å²) < 4.78 is 11.7. The molecule has 0 bridgehead atoms. The zero-order chi connectivity index (χ0) is 22.9. The summed E-state index contributed by atoms with van der Waals surface area (Å²) in [6.07, 6.45) is 0. The number of ether oxygens (including phenoxy) is 2. The second kappa shape index (κ2) is 11.3. The molecule has 3 rings (SSSR count). The Balaban J connectivity index is 1.40. The largest absolute Gasteiger partial charge is 0.484 e. The molecule has 2 amide bonds. The number of rotatable bonds is 8. The molecule has 7 heteroatoms. The monoisotopic (exact) mass is 496 g/mol. The molecule has 0 aliphatic heterocycles. The molecule has 0 aromatic heterocycles. The van der Waals surface area contributed by atoms with Gasteiger partial charge in [-0.15, -0.1) is 0 Å². The first-order chi connectivity index (χ1) is 15.4. The molecular weight excluding hydrogens is 472 g/mol. The number of hydrazine groups is 1. The van der Waals surface area contributed by atoms with E-state index < -0.39 is 11.8 Å². The summed E-state index contributed by atoms with van der Waals surface area (Å²) in [5.41, 5.74) is 7.92. The van der Waals surface area contributed by atoms with Crippen LogP contribution in [0.4, 0.5) is 0 Å². The fraction of sp³-hybridized carbons (Fsp3) is 0.200. The lowest BCUT2D eigenvalue weighted by molar-refractivity contribution is -0.131. The quantitative estimate of drug-likeness (QED) is 0.437. The van der Waals surface area contributed by atoms with Gasteiger partial charge in [-0.2, -0.15) is 0 Å². The molecular formula is C25H25BrN2O4. The van der Waals surface area contributed by atoms with Gasteiger partial charge in [0.25, 0.3) is 11.8 Å². The second-order valence-electron chi connectivity index (χ2n) is 7.41. The van der Waals surface area contributed by atoms with Gasteiger partial charge in [-0.05, 0) is 62.8 Å². The lowest BCUT2D eigenvalue weighted by Gasteiger charge is -2.12. The molecule has 0 spiro atoms. The summed E-state index contributed by atoms with van der Waals surface area (Å²) in [6, 6.07) is 23.1. The van der Waals surface area contributed by atoms with Crippen LogP contribution < -0.4 is 20.3 Å². The van der Waals surface area contributed by atoms with Gasteiger partial charge in [0.2, 0.25) is 0 Å². The van der Waals surface area contributed by atoms with Gasteiger partial charge >= 0.3 is 0 Å². The number of hydrogen-bond donors (Lipinski definition) is 2. The molecule has 0 aliphatic rings. The van der Waals surface area contributed by atoms with Crippen molar-refractivity contribution < 1.29 is 19.1 Å². The zero-order valence-electron chi connectivity index (χ0n) is 17.9. The standard InChI is InChI=1S/C25H25BrN2O4/c1-17(2)18-8-11-21(12-9-18)31-15-24(29)27-28-25(30)16-32-23-13-10-20(14-22(23)26)19-6-4-3-5-7-19/h3-14,17H,15-16H2,1-2H3,(H,27,29)(H,28,30). The van der Waals surface area contributed by atoms with Crippen LogP contribution in [0.3, 0.4) is 0 Å². The van der Waals surface area contributed by atoms with Gasteiger partial charge in [-0.25, -0.2) is 0 Å². The molecule has 0 fully saturated rings. The summed E-state index contributed by atoms with van der Waals surface area (Å²) in [7, 11) is 0. The highest BCUT2D eigenvalue weighted by Gasteiger charge is 2.09. The van der Waals surface area contributed by atoms with Gasteiger partial charge < -0.3 is 9.47 Å². The van der Waals surface area contributed by atoms with Gasteiger partial charge in [0.15, 0.2) is 13.2 Å². The zero-order valence-corrected chi connectivity index (χ0v) is 19.5. The maximum atomic E-state index is 12.0. The van der Waals surface area contributed by atoms with E-state index in [0.717, 1.165) is 15.6 Å². The van der Waals surface area contributed by atoms with Crippen LogP contribution in [-0.4, -0.2) is 25.0 Å². The SMILES string of the molecule is CC(C)c1ccc(OCC(=O)NNC(=O)COc2ccc(-c3ccccc3)cc2Br)cc1. The van der Waals surface area contributed by atoms with Crippen molar-refractivity contribution in [3.8, 4) is 22.6 Å². The van der Waals surface area contributed by atoms with Gasteiger partial charge in [-0.1, -0.05) is 62.4 Å². The molecule has 0 heterocycles. The Bertz CT molecular complexity index is 1050. The fourth-order valence-corrected chi connectivity index (χ4v) is 3.37. The number of carbonyl (C=O) groups is 2. The maximum absolute atomic E-state index is 12.0. The van der Waals surface area contributed by atoms with E-state index in [1.165, 1.54) is 5.56 Å². The second-order valence-corrected chi connectivity index (χ2v) is 8.26. The minimum atomic E-state index is -0.487. The number of nitrogens with one attached hydrogen (secondary N) is 2. The molecule has 2 N–H and O–H groups in total. The van der Waals surface area contributed by atoms with Crippen LogP contribution in [0.5, 0.6) is 11.5 Å². The van der Waals surface area contributed by atoms with E-state index in [1.54, 1.807) is 6.07 Å². The van der Waals surface area contributed by atoms with Crippen LogP contribution in [0.2, 0.25) is 0 Å². The van der Waals surface area contributed by atoms with E-state index >= 15 is 0 Å². The van der Waals surface area contributed by atoms with E-state index in [-0.39, 0.29) is 13.2 Å². The Morgan fingerprint density at radius 3 is 2.03 bits per heavy atom. The molecule has 32 heavy (non-hydrogen) atoms. The Kier molecular flexibility index (Phi) is 8.27. The van der Waals surface area contributed by atoms with Crippen molar-refractivity contribution in [3.63, 3.8) is 0 Å². The van der Waals surface area contributed by atoms with Crippen LogP contribution >= 0.6 is 15.9 Å². The number of carbonyl (C=O) groups excluding carboxylic acids is 2. The maximum Gasteiger partial charge on any atom is 0.276 e. The minimum Gasteiger partial charge on any atom is -0.484 e. The van der Waals surface area contributed by atoms with Crippen molar-refractivity contribution in [2.45, 2.75) is 19.8 Å². The van der Waals surface area contributed by atoms with Crippen LogP contribution in [0.25, 0.3) is 11.1 Å².